The molecule has 4 N–H and O–H groups in total. The predicted octanol–water partition coefficient (Wildman–Crippen LogP) is 2.89. The van der Waals surface area contributed by atoms with Gasteiger partial charge in [-0.05, 0) is 42.5 Å². The molecular formula is C15H12N2O4S. The first-order valence-electron chi connectivity index (χ1n) is 6.20. The molecule has 2 rings (SSSR count). The van der Waals surface area contributed by atoms with Crippen LogP contribution in [0.1, 0.15) is 20.7 Å². The molecule has 0 saturated heterocycles. The summed E-state index contributed by atoms with van der Waals surface area (Å²) in [6.45, 7) is 0. The lowest BCUT2D eigenvalue weighted by Gasteiger charge is -2.11. The molecule has 0 heterocycles. The second-order valence-electron chi connectivity index (χ2n) is 4.35. The Hall–Kier alpha value is -2.93. The number of thiocarbonyl (C=S) groups is 1. The Bertz CT molecular complexity index is 699. The van der Waals surface area contributed by atoms with E-state index in [9.17, 15) is 9.59 Å². The molecule has 2 aromatic carbocycles. The van der Waals surface area contributed by atoms with Crippen molar-refractivity contribution in [1.29, 1.82) is 0 Å². The number of carboxylic acid groups (broad SMARTS) is 2. The number of rotatable bonds is 4. The van der Waals surface area contributed by atoms with E-state index in [1.54, 1.807) is 0 Å². The maximum absolute atomic E-state index is 11.0. The second kappa shape index (κ2) is 6.68. The van der Waals surface area contributed by atoms with Gasteiger partial charge >= 0.3 is 11.9 Å². The molecule has 0 fully saturated rings. The molecule has 0 aliphatic heterocycles. The molecule has 0 radical (unpaired) electrons. The molecule has 0 atom stereocenters. The Morgan fingerprint density at radius 3 is 1.82 bits per heavy atom. The van der Waals surface area contributed by atoms with Crippen molar-refractivity contribution in [3.63, 3.8) is 0 Å². The zero-order valence-corrected chi connectivity index (χ0v) is 12.1. The highest BCUT2D eigenvalue weighted by Crippen LogP contribution is 2.16. The highest BCUT2D eigenvalue weighted by Gasteiger charge is 2.12. The van der Waals surface area contributed by atoms with Crippen LogP contribution in [0.5, 0.6) is 0 Å². The largest absolute Gasteiger partial charge is 0.478 e. The van der Waals surface area contributed by atoms with Crippen molar-refractivity contribution < 1.29 is 19.8 Å². The number of anilines is 2. The standard InChI is InChI=1S/C15H12N2O4S/c18-13(19)9-6-10(14(20)21)8-12(7-9)17-15(22)16-11-4-2-1-3-5-11/h1-8H,(H,18,19)(H,20,21)(H2,16,17,22). The van der Waals surface area contributed by atoms with Crippen molar-refractivity contribution >= 4 is 40.6 Å². The van der Waals surface area contributed by atoms with Gasteiger partial charge in [-0.15, -0.1) is 0 Å². The zero-order chi connectivity index (χ0) is 16.1. The first-order chi connectivity index (χ1) is 10.5. The van der Waals surface area contributed by atoms with Crippen LogP contribution in [0.3, 0.4) is 0 Å². The maximum Gasteiger partial charge on any atom is 0.335 e. The number of aromatic carboxylic acids is 2. The van der Waals surface area contributed by atoms with E-state index in [-0.39, 0.29) is 21.9 Å². The maximum atomic E-state index is 11.0. The molecule has 0 unspecified atom stereocenters. The molecule has 112 valence electrons. The van der Waals surface area contributed by atoms with E-state index in [0.717, 1.165) is 11.8 Å². The average molecular weight is 316 g/mol. The SMILES string of the molecule is O=C(O)c1cc(NC(=S)Nc2ccccc2)cc(C(=O)O)c1. The van der Waals surface area contributed by atoms with Crippen LogP contribution in [0.25, 0.3) is 0 Å². The van der Waals surface area contributed by atoms with Crippen molar-refractivity contribution in [2.75, 3.05) is 10.6 Å². The summed E-state index contributed by atoms with van der Waals surface area (Å²) in [6, 6.07) is 12.9. The van der Waals surface area contributed by atoms with Crippen LogP contribution in [0.2, 0.25) is 0 Å². The number of para-hydroxylation sites is 1. The Labute approximate surface area is 131 Å². The molecule has 0 bridgehead atoms. The van der Waals surface area contributed by atoms with Gasteiger partial charge in [-0.3, -0.25) is 0 Å². The van der Waals surface area contributed by atoms with Crippen molar-refractivity contribution in [2.45, 2.75) is 0 Å². The normalized spacial score (nSPS) is 9.82. The van der Waals surface area contributed by atoms with Gasteiger partial charge in [0.1, 0.15) is 0 Å². The first-order valence-corrected chi connectivity index (χ1v) is 6.61. The summed E-state index contributed by atoms with van der Waals surface area (Å²) in [4.78, 5) is 22.1. The Morgan fingerprint density at radius 2 is 1.32 bits per heavy atom. The van der Waals surface area contributed by atoms with E-state index in [4.69, 9.17) is 22.4 Å². The third kappa shape index (κ3) is 4.03. The smallest absolute Gasteiger partial charge is 0.335 e. The number of benzene rings is 2. The lowest BCUT2D eigenvalue weighted by Crippen LogP contribution is -2.19. The highest BCUT2D eigenvalue weighted by atomic mass is 32.1. The van der Waals surface area contributed by atoms with Gasteiger partial charge in [-0.2, -0.15) is 0 Å². The summed E-state index contributed by atoms with van der Waals surface area (Å²) in [7, 11) is 0. The van der Waals surface area contributed by atoms with E-state index in [2.05, 4.69) is 10.6 Å². The molecule has 6 nitrogen and oxygen atoms in total. The minimum Gasteiger partial charge on any atom is -0.478 e. The van der Waals surface area contributed by atoms with Crippen LogP contribution in [-0.2, 0) is 0 Å². The van der Waals surface area contributed by atoms with Gasteiger partial charge in [0, 0.05) is 11.4 Å². The third-order valence-electron chi connectivity index (χ3n) is 2.72. The Kier molecular flexibility index (Phi) is 4.70. The van der Waals surface area contributed by atoms with Gasteiger partial charge in [0.25, 0.3) is 0 Å². The van der Waals surface area contributed by atoms with Gasteiger partial charge < -0.3 is 20.8 Å². The van der Waals surface area contributed by atoms with Crippen LogP contribution in [0, 0.1) is 0 Å². The van der Waals surface area contributed by atoms with Crippen molar-refractivity contribution in [3.05, 3.63) is 59.7 Å². The van der Waals surface area contributed by atoms with Crippen LogP contribution in [0.4, 0.5) is 11.4 Å². The quantitative estimate of drug-likeness (QED) is 0.644. The molecule has 0 spiro atoms. The Morgan fingerprint density at radius 1 is 0.818 bits per heavy atom. The number of nitrogens with one attached hydrogen (secondary N) is 2. The molecule has 0 aromatic heterocycles. The first kappa shape index (κ1) is 15.5. The lowest BCUT2D eigenvalue weighted by molar-refractivity contribution is 0.0696. The van der Waals surface area contributed by atoms with E-state index >= 15 is 0 Å². The number of hydrogen-bond donors (Lipinski definition) is 4. The van der Waals surface area contributed by atoms with Crippen molar-refractivity contribution in [2.24, 2.45) is 0 Å². The molecule has 0 amide bonds. The summed E-state index contributed by atoms with van der Waals surface area (Å²) < 4.78 is 0. The monoisotopic (exact) mass is 316 g/mol. The minimum absolute atomic E-state index is 0.134. The molecule has 0 aliphatic carbocycles. The summed E-state index contributed by atoms with van der Waals surface area (Å²) in [5, 5.41) is 23.9. The zero-order valence-electron chi connectivity index (χ0n) is 11.2. The van der Waals surface area contributed by atoms with Crippen LogP contribution in [0.15, 0.2) is 48.5 Å². The fraction of sp³-hybridized carbons (Fsp3) is 0. The Balaban J connectivity index is 2.19. The van der Waals surface area contributed by atoms with Gasteiger partial charge in [0.2, 0.25) is 0 Å². The highest BCUT2D eigenvalue weighted by molar-refractivity contribution is 7.80. The molecule has 0 aliphatic rings. The summed E-state index contributed by atoms with van der Waals surface area (Å²) in [6.07, 6.45) is 0. The topological polar surface area (TPSA) is 98.7 Å². The van der Waals surface area contributed by atoms with Gasteiger partial charge in [0.15, 0.2) is 5.11 Å². The third-order valence-corrected chi connectivity index (χ3v) is 2.92. The summed E-state index contributed by atoms with van der Waals surface area (Å²) >= 11 is 5.12. The fourth-order valence-corrected chi connectivity index (χ4v) is 2.00. The van der Waals surface area contributed by atoms with E-state index in [1.807, 2.05) is 30.3 Å². The van der Waals surface area contributed by atoms with Crippen LogP contribution < -0.4 is 10.6 Å². The van der Waals surface area contributed by atoms with Crippen LogP contribution >= 0.6 is 12.2 Å². The molecule has 7 heteroatoms. The van der Waals surface area contributed by atoms with Gasteiger partial charge in [-0.25, -0.2) is 9.59 Å². The molecular weight excluding hydrogens is 304 g/mol. The van der Waals surface area contributed by atoms with E-state index in [1.165, 1.54) is 12.1 Å². The minimum atomic E-state index is -1.21. The average Bonchev–Trinajstić information content (AvgIpc) is 2.47. The second-order valence-corrected chi connectivity index (χ2v) is 4.76. The number of carboxylic acids is 2. The van der Waals surface area contributed by atoms with E-state index in [0.29, 0.717) is 0 Å². The van der Waals surface area contributed by atoms with Crippen molar-refractivity contribution in [3.8, 4) is 0 Å². The van der Waals surface area contributed by atoms with Crippen LogP contribution in [-0.4, -0.2) is 27.3 Å². The molecule has 0 saturated carbocycles. The van der Waals surface area contributed by atoms with Gasteiger partial charge in [0.05, 0.1) is 11.1 Å². The summed E-state index contributed by atoms with van der Waals surface area (Å²) in [5.74, 6) is -2.43. The van der Waals surface area contributed by atoms with Crippen molar-refractivity contribution in [1.82, 2.24) is 0 Å². The number of hydrogen-bond acceptors (Lipinski definition) is 3. The molecule has 2 aromatic rings. The summed E-state index contributed by atoms with van der Waals surface area (Å²) in [5.41, 5.74) is 0.772. The molecule has 22 heavy (non-hydrogen) atoms. The van der Waals surface area contributed by atoms with E-state index < -0.39 is 11.9 Å². The van der Waals surface area contributed by atoms with Gasteiger partial charge in [-0.1, -0.05) is 18.2 Å². The fourth-order valence-electron chi connectivity index (χ4n) is 1.76. The predicted molar refractivity (Wildman–Crippen MR) is 86.6 cm³/mol. The lowest BCUT2D eigenvalue weighted by atomic mass is 10.1. The number of carbonyl (C=O) groups is 2.